The van der Waals surface area contributed by atoms with E-state index in [2.05, 4.69) is 17.2 Å². The van der Waals surface area contributed by atoms with Crippen molar-refractivity contribution in [1.29, 1.82) is 0 Å². The summed E-state index contributed by atoms with van der Waals surface area (Å²) in [4.78, 5) is 19.6. The second kappa shape index (κ2) is 12.1. The number of piperidine rings is 1. The van der Waals surface area contributed by atoms with Gasteiger partial charge in [-0.05, 0) is 49.4 Å². The quantitative estimate of drug-likeness (QED) is 0.348. The number of amides is 1. The molecule has 2 aliphatic rings. The molecule has 1 aliphatic carbocycles. The first-order valence-corrected chi connectivity index (χ1v) is 12.1. The van der Waals surface area contributed by atoms with Gasteiger partial charge in [-0.25, -0.2) is 17.6 Å². The Balaban J connectivity index is 0.00000210. The predicted molar refractivity (Wildman–Crippen MR) is 146 cm³/mol. The number of anilines is 2. The smallest absolute Gasteiger partial charge is 0.258 e. The Labute approximate surface area is 235 Å². The molecular weight excluding hydrogens is 559 g/mol. The van der Waals surface area contributed by atoms with Gasteiger partial charge >= 0.3 is 0 Å². The average molecular weight is 587 g/mol. The number of aliphatic hydroxyl groups excluding tert-OH is 1. The maximum atomic E-state index is 15.5. The van der Waals surface area contributed by atoms with Gasteiger partial charge in [0, 0.05) is 24.7 Å². The zero-order chi connectivity index (χ0) is 26.4. The summed E-state index contributed by atoms with van der Waals surface area (Å²) in [5, 5.41) is 13.0. The highest BCUT2D eigenvalue weighted by atomic mass is 35.5. The van der Waals surface area contributed by atoms with E-state index in [-0.39, 0.29) is 42.5 Å². The van der Waals surface area contributed by atoms with Crippen molar-refractivity contribution in [3.8, 4) is 11.1 Å². The van der Waals surface area contributed by atoms with Crippen LogP contribution in [0.4, 0.5) is 28.9 Å². The van der Waals surface area contributed by atoms with Crippen molar-refractivity contribution < 1.29 is 27.5 Å². The molecule has 39 heavy (non-hydrogen) atoms. The molecule has 0 unspecified atom stereocenters. The van der Waals surface area contributed by atoms with Gasteiger partial charge in [0.25, 0.3) is 5.91 Å². The Hall–Kier alpha value is -2.92. The number of fused-ring (bicyclic) bond motifs is 1. The summed E-state index contributed by atoms with van der Waals surface area (Å²) in [6.45, 7) is 3.24. The summed E-state index contributed by atoms with van der Waals surface area (Å²) in [5.41, 5.74) is 6.04. The number of benzene rings is 2. The minimum atomic E-state index is -1.39. The van der Waals surface area contributed by atoms with E-state index in [1.165, 1.54) is 6.20 Å². The van der Waals surface area contributed by atoms with Crippen LogP contribution in [0.25, 0.3) is 11.1 Å². The number of hydrogen-bond acceptors (Lipinski definition) is 5. The van der Waals surface area contributed by atoms with Crippen molar-refractivity contribution in [3.05, 3.63) is 76.6 Å². The molecule has 1 aromatic heterocycles. The second-order valence-corrected chi connectivity index (χ2v) is 9.78. The van der Waals surface area contributed by atoms with Gasteiger partial charge in [-0.15, -0.1) is 24.8 Å². The Bertz CT molecular complexity index is 1360. The highest BCUT2D eigenvalue weighted by Gasteiger charge is 2.33. The number of nitrogens with two attached hydrogens (primary N) is 1. The molecule has 2 heterocycles. The molecule has 12 heteroatoms. The maximum Gasteiger partial charge on any atom is 0.258 e. The van der Waals surface area contributed by atoms with E-state index >= 15 is 4.39 Å². The standard InChI is InChI=1S/C27H26F4N4O2.2ClH/c1-13-9-14(32)12-35(11-13)26-16-6-8-21(36)25(16)33-10-20(26)34-27(37)15-5-7-19(30)23(24(15)31)22-17(28)3-2-4-18(22)29;;/h2-5,7,10,13-14,21,36H,6,8-9,11-12,32H2,1H3,(H,34,37);2*1H/t13-,14+,21-;;/m1../s1. The predicted octanol–water partition coefficient (Wildman–Crippen LogP) is 5.55. The van der Waals surface area contributed by atoms with Gasteiger partial charge in [-0.3, -0.25) is 9.78 Å². The fraction of sp³-hybridized carbons (Fsp3) is 0.333. The number of carbonyl (C=O) groups is 1. The first kappa shape index (κ1) is 30.6. The Morgan fingerprint density at radius 1 is 1.05 bits per heavy atom. The van der Waals surface area contributed by atoms with Gasteiger partial charge in [0.1, 0.15) is 23.3 Å². The van der Waals surface area contributed by atoms with E-state index in [1.54, 1.807) is 0 Å². The highest BCUT2D eigenvalue weighted by molar-refractivity contribution is 6.07. The number of carbonyl (C=O) groups excluding carboxylic acids is 1. The highest BCUT2D eigenvalue weighted by Crippen LogP contribution is 2.42. The lowest BCUT2D eigenvalue weighted by molar-refractivity contribution is 0.102. The lowest BCUT2D eigenvalue weighted by Crippen LogP contribution is -2.47. The lowest BCUT2D eigenvalue weighted by atomic mass is 9.95. The van der Waals surface area contributed by atoms with Gasteiger partial charge < -0.3 is 21.1 Å². The van der Waals surface area contributed by atoms with Gasteiger partial charge in [0.15, 0.2) is 0 Å². The minimum absolute atomic E-state index is 0. The van der Waals surface area contributed by atoms with Crippen LogP contribution >= 0.6 is 24.8 Å². The van der Waals surface area contributed by atoms with E-state index in [0.29, 0.717) is 37.3 Å². The number of hydrogen-bond donors (Lipinski definition) is 3. The van der Waals surface area contributed by atoms with E-state index in [1.807, 2.05) is 4.90 Å². The summed E-state index contributed by atoms with van der Waals surface area (Å²) < 4.78 is 58.7. The third-order valence-corrected chi connectivity index (χ3v) is 6.97. The van der Waals surface area contributed by atoms with Gasteiger partial charge in [-0.2, -0.15) is 0 Å². The molecule has 0 bridgehead atoms. The molecule has 210 valence electrons. The Kier molecular flexibility index (Phi) is 9.48. The van der Waals surface area contributed by atoms with Crippen LogP contribution in [0.2, 0.25) is 0 Å². The fourth-order valence-electron chi connectivity index (χ4n) is 5.43. The number of pyridine rings is 1. The van der Waals surface area contributed by atoms with Gasteiger partial charge in [-0.1, -0.05) is 13.0 Å². The second-order valence-electron chi connectivity index (χ2n) is 9.78. The maximum absolute atomic E-state index is 15.5. The van der Waals surface area contributed by atoms with Crippen LogP contribution in [-0.2, 0) is 6.42 Å². The molecule has 5 rings (SSSR count). The molecule has 4 N–H and O–H groups in total. The van der Waals surface area contributed by atoms with Crippen molar-refractivity contribution in [1.82, 2.24) is 4.98 Å². The molecule has 0 radical (unpaired) electrons. The molecule has 3 atom stereocenters. The Morgan fingerprint density at radius 2 is 1.72 bits per heavy atom. The van der Waals surface area contributed by atoms with Crippen LogP contribution in [0.5, 0.6) is 0 Å². The first-order valence-electron chi connectivity index (χ1n) is 12.1. The Morgan fingerprint density at radius 3 is 2.38 bits per heavy atom. The third-order valence-electron chi connectivity index (χ3n) is 6.97. The van der Waals surface area contributed by atoms with Gasteiger partial charge in [0.2, 0.25) is 0 Å². The average Bonchev–Trinajstić information content (AvgIpc) is 3.20. The van der Waals surface area contributed by atoms with Crippen LogP contribution < -0.4 is 16.0 Å². The molecule has 2 aromatic carbocycles. The molecule has 1 amide bonds. The third kappa shape index (κ3) is 5.70. The summed E-state index contributed by atoms with van der Waals surface area (Å²) in [6, 6.07) is 4.45. The zero-order valence-corrected chi connectivity index (χ0v) is 22.5. The number of halogens is 6. The van der Waals surface area contributed by atoms with Crippen LogP contribution in [0.1, 0.15) is 47.5 Å². The number of aromatic nitrogens is 1. The minimum Gasteiger partial charge on any atom is -0.387 e. The number of nitrogens with one attached hydrogen (secondary N) is 1. The molecule has 1 fully saturated rings. The summed E-state index contributed by atoms with van der Waals surface area (Å²) in [5.74, 6) is -5.57. The van der Waals surface area contributed by atoms with Crippen molar-refractivity contribution >= 4 is 42.1 Å². The molecule has 1 aliphatic heterocycles. The van der Waals surface area contributed by atoms with Gasteiger partial charge in [0.05, 0.1) is 46.1 Å². The van der Waals surface area contributed by atoms with Crippen LogP contribution in [-0.4, -0.2) is 35.1 Å². The largest absolute Gasteiger partial charge is 0.387 e. The van der Waals surface area contributed by atoms with Crippen LogP contribution in [0.15, 0.2) is 36.5 Å². The number of rotatable bonds is 4. The van der Waals surface area contributed by atoms with E-state index in [0.717, 1.165) is 42.3 Å². The van der Waals surface area contributed by atoms with E-state index in [4.69, 9.17) is 5.73 Å². The van der Waals surface area contributed by atoms with Crippen molar-refractivity contribution in [3.63, 3.8) is 0 Å². The zero-order valence-electron chi connectivity index (χ0n) is 20.9. The molecule has 0 saturated carbocycles. The van der Waals surface area contributed by atoms with E-state index in [9.17, 15) is 23.1 Å². The first-order chi connectivity index (χ1) is 17.7. The van der Waals surface area contributed by atoms with Crippen molar-refractivity contribution in [2.75, 3.05) is 23.3 Å². The SMILES string of the molecule is C[C@@H]1C[C@H](N)CN(c2c(NC(=O)c3ccc(F)c(-c4c(F)cccc4F)c3F)cnc3c2CC[C@H]3O)C1.Cl.Cl. The summed E-state index contributed by atoms with van der Waals surface area (Å²) in [6.07, 6.45) is 2.51. The fourth-order valence-corrected chi connectivity index (χ4v) is 5.43. The summed E-state index contributed by atoms with van der Waals surface area (Å²) in [7, 11) is 0. The molecule has 3 aromatic rings. The van der Waals surface area contributed by atoms with Crippen LogP contribution in [0, 0.1) is 29.2 Å². The monoisotopic (exact) mass is 586 g/mol. The molecule has 1 saturated heterocycles. The normalized spacial score (nSPS) is 20.1. The lowest BCUT2D eigenvalue weighted by Gasteiger charge is -2.38. The van der Waals surface area contributed by atoms with E-state index < -0.39 is 52.0 Å². The van der Waals surface area contributed by atoms with Crippen LogP contribution in [0.3, 0.4) is 0 Å². The van der Waals surface area contributed by atoms with Crippen molar-refractivity contribution in [2.45, 2.75) is 38.3 Å². The summed E-state index contributed by atoms with van der Waals surface area (Å²) >= 11 is 0. The van der Waals surface area contributed by atoms with Crippen molar-refractivity contribution in [2.24, 2.45) is 11.7 Å². The number of nitrogens with zero attached hydrogens (tertiary/aromatic N) is 2. The molecule has 6 nitrogen and oxygen atoms in total. The number of aliphatic hydroxyl groups is 1. The topological polar surface area (TPSA) is 91.5 Å². The molecule has 0 spiro atoms. The molecular formula is C27H28Cl2F4N4O2.